The average molecular weight is 289 g/mol. The lowest BCUT2D eigenvalue weighted by Crippen LogP contribution is -2.66. The maximum absolute atomic E-state index is 10.7. The van der Waals surface area contributed by atoms with Gasteiger partial charge in [0.05, 0.1) is 6.10 Å². The summed E-state index contributed by atoms with van der Waals surface area (Å²) in [6.45, 7) is 0.887. The summed E-state index contributed by atoms with van der Waals surface area (Å²) < 4.78 is 23.0. The summed E-state index contributed by atoms with van der Waals surface area (Å²) in [5, 5.41) is 20.9. The van der Waals surface area contributed by atoms with E-state index in [1.54, 1.807) is 6.07 Å². The van der Waals surface area contributed by atoms with E-state index in [4.69, 9.17) is 7.48 Å². The van der Waals surface area contributed by atoms with Crippen LogP contribution in [0.4, 0.5) is 0 Å². The number of aliphatic hydroxyl groups excluding tert-OH is 1. The molecular weight excluding hydrogens is 266 g/mol. The average Bonchev–Trinajstić information content (AvgIpc) is 2.88. The summed E-state index contributed by atoms with van der Waals surface area (Å²) in [5.74, 6) is 0.562. The van der Waals surface area contributed by atoms with Crippen LogP contribution in [0.1, 0.15) is 33.1 Å². The fraction of sp³-hybridized carbons (Fsp3) is 0.647. The number of rotatable bonds is 0. The summed E-state index contributed by atoms with van der Waals surface area (Å²) in [6.07, 6.45) is -1.40. The van der Waals surface area contributed by atoms with Crippen molar-refractivity contribution in [2.75, 3.05) is 13.6 Å². The molecule has 2 heterocycles. The lowest BCUT2D eigenvalue weighted by molar-refractivity contribution is -0.0993. The van der Waals surface area contributed by atoms with Crippen LogP contribution in [0.5, 0.6) is 11.5 Å². The van der Waals surface area contributed by atoms with Crippen molar-refractivity contribution in [3.05, 3.63) is 23.3 Å². The molecule has 5 rings (SSSR count). The summed E-state index contributed by atoms with van der Waals surface area (Å²) in [7, 11) is 2.09. The monoisotopic (exact) mass is 289 g/mol. The van der Waals surface area contributed by atoms with E-state index in [1.165, 1.54) is 0 Å². The van der Waals surface area contributed by atoms with E-state index in [9.17, 15) is 10.2 Å². The highest BCUT2D eigenvalue weighted by atomic mass is 16.5. The molecule has 2 N–H and O–H groups in total. The van der Waals surface area contributed by atoms with Gasteiger partial charge in [-0.2, -0.15) is 0 Å². The van der Waals surface area contributed by atoms with Crippen LogP contribution in [0.3, 0.4) is 0 Å². The SMILES string of the molecule is [2H][C@@H]1[C@H]([2H])[C@H]2[C@H]3Cc4ccc(O)c5c4[C@@]2(CCN3C)[C@@H](O5)[C@H]1O. The molecule has 2 fully saturated rings. The van der Waals surface area contributed by atoms with E-state index in [1.807, 2.05) is 6.07 Å². The molecule has 4 heteroatoms. The topological polar surface area (TPSA) is 52.9 Å². The molecule has 1 saturated heterocycles. The summed E-state index contributed by atoms with van der Waals surface area (Å²) >= 11 is 0. The molecule has 0 radical (unpaired) electrons. The van der Waals surface area contributed by atoms with Gasteiger partial charge in [0.25, 0.3) is 0 Å². The van der Waals surface area contributed by atoms with E-state index < -0.39 is 30.4 Å². The van der Waals surface area contributed by atoms with Gasteiger partial charge in [-0.25, -0.2) is 0 Å². The first kappa shape index (κ1) is 10.5. The van der Waals surface area contributed by atoms with Crippen LogP contribution < -0.4 is 4.74 Å². The fourth-order valence-electron chi connectivity index (χ4n) is 5.24. The first-order valence-corrected chi connectivity index (χ1v) is 7.71. The normalized spacial score (nSPS) is 51.7. The van der Waals surface area contributed by atoms with Gasteiger partial charge < -0.3 is 19.8 Å². The van der Waals surface area contributed by atoms with Crippen LogP contribution in [0.2, 0.25) is 0 Å². The molecule has 2 aliphatic heterocycles. The van der Waals surface area contributed by atoms with Crippen molar-refractivity contribution in [3.63, 3.8) is 0 Å². The summed E-state index contributed by atoms with van der Waals surface area (Å²) in [6, 6.07) is 3.82. The maximum Gasteiger partial charge on any atom is 0.165 e. The zero-order chi connectivity index (χ0) is 16.1. The number of nitrogens with zero attached hydrogens (tertiary/aromatic N) is 1. The third-order valence-electron chi connectivity index (χ3n) is 6.15. The molecule has 4 nitrogen and oxygen atoms in total. The third-order valence-corrected chi connectivity index (χ3v) is 6.15. The molecule has 1 aromatic carbocycles. The van der Waals surface area contributed by atoms with Gasteiger partial charge in [-0.15, -0.1) is 0 Å². The number of aromatic hydroxyl groups is 1. The van der Waals surface area contributed by atoms with Gasteiger partial charge in [-0.3, -0.25) is 0 Å². The number of phenolic OH excluding ortho intramolecular Hbond substituents is 1. The number of benzene rings is 1. The zero-order valence-electron chi connectivity index (χ0n) is 14.0. The predicted octanol–water partition coefficient (Wildman–Crippen LogP) is 1.42. The predicted molar refractivity (Wildman–Crippen MR) is 77.7 cm³/mol. The molecule has 1 saturated carbocycles. The Bertz CT molecular complexity index is 699. The van der Waals surface area contributed by atoms with Crippen molar-refractivity contribution in [1.82, 2.24) is 4.90 Å². The van der Waals surface area contributed by atoms with Gasteiger partial charge in [0, 0.05) is 19.8 Å². The van der Waals surface area contributed by atoms with E-state index in [0.29, 0.717) is 5.75 Å². The van der Waals surface area contributed by atoms with Crippen LogP contribution in [0, 0.1) is 5.92 Å². The van der Waals surface area contributed by atoms with Gasteiger partial charge in [0.15, 0.2) is 11.5 Å². The number of ether oxygens (including phenoxy) is 1. The first-order valence-electron chi connectivity index (χ1n) is 8.87. The zero-order valence-corrected chi connectivity index (χ0v) is 12.0. The minimum Gasteiger partial charge on any atom is -0.504 e. The molecule has 7 atom stereocenters. The molecule has 21 heavy (non-hydrogen) atoms. The maximum atomic E-state index is 10.7. The molecule has 0 aromatic heterocycles. The van der Waals surface area contributed by atoms with Crippen LogP contribution in [0.15, 0.2) is 12.1 Å². The second-order valence-electron chi connectivity index (χ2n) is 6.93. The lowest BCUT2D eigenvalue weighted by Gasteiger charge is -2.58. The van der Waals surface area contributed by atoms with Gasteiger partial charge in [-0.1, -0.05) is 6.07 Å². The lowest BCUT2D eigenvalue weighted by atomic mass is 9.51. The van der Waals surface area contributed by atoms with Crippen molar-refractivity contribution in [1.29, 1.82) is 0 Å². The highest BCUT2D eigenvalue weighted by Crippen LogP contribution is 2.63. The van der Waals surface area contributed by atoms with Crippen LogP contribution in [0.25, 0.3) is 0 Å². The summed E-state index contributed by atoms with van der Waals surface area (Å²) in [4.78, 5) is 2.30. The number of phenols is 1. The molecule has 0 amide bonds. The minimum absolute atomic E-state index is 0.0345. The van der Waals surface area contributed by atoms with Gasteiger partial charge in [0.2, 0.25) is 0 Å². The van der Waals surface area contributed by atoms with E-state index in [0.717, 1.165) is 30.5 Å². The highest BCUT2D eigenvalue weighted by molar-refractivity contribution is 5.60. The van der Waals surface area contributed by atoms with E-state index in [2.05, 4.69) is 11.9 Å². The Morgan fingerprint density at radius 2 is 2.29 bits per heavy atom. The van der Waals surface area contributed by atoms with Crippen molar-refractivity contribution in [2.24, 2.45) is 5.92 Å². The van der Waals surface area contributed by atoms with Crippen molar-refractivity contribution >= 4 is 0 Å². The smallest absolute Gasteiger partial charge is 0.165 e. The van der Waals surface area contributed by atoms with Gasteiger partial charge in [-0.05, 0) is 56.8 Å². The second-order valence-corrected chi connectivity index (χ2v) is 6.93. The number of hydrogen-bond donors (Lipinski definition) is 2. The number of aliphatic hydroxyl groups is 1. The second kappa shape index (κ2) is 3.73. The molecule has 4 aliphatic rings. The third kappa shape index (κ3) is 1.25. The molecule has 2 bridgehead atoms. The van der Waals surface area contributed by atoms with E-state index >= 15 is 0 Å². The van der Waals surface area contributed by atoms with Crippen molar-refractivity contribution in [2.45, 2.75) is 49.3 Å². The summed E-state index contributed by atoms with van der Waals surface area (Å²) in [5.41, 5.74) is 1.75. The Morgan fingerprint density at radius 1 is 1.43 bits per heavy atom. The Hall–Kier alpha value is -1.26. The highest BCUT2D eigenvalue weighted by Gasteiger charge is 2.65. The molecule has 1 spiro atoms. The number of piperidine rings is 1. The number of likely N-dealkylation sites (tertiary alicyclic amines) is 1. The number of hydrogen-bond acceptors (Lipinski definition) is 4. The molecule has 112 valence electrons. The largest absolute Gasteiger partial charge is 0.504 e. The van der Waals surface area contributed by atoms with Crippen LogP contribution in [-0.4, -0.2) is 47.0 Å². The van der Waals surface area contributed by atoms with Crippen molar-refractivity contribution < 1.29 is 17.7 Å². The van der Waals surface area contributed by atoms with Crippen molar-refractivity contribution in [3.8, 4) is 11.5 Å². The molecular formula is C17H21NO3. The molecule has 0 unspecified atom stereocenters. The Morgan fingerprint density at radius 3 is 3.14 bits per heavy atom. The Labute approximate surface area is 127 Å². The fourth-order valence-corrected chi connectivity index (χ4v) is 5.24. The Balaban J connectivity index is 1.82. The van der Waals surface area contributed by atoms with E-state index in [-0.39, 0.29) is 17.7 Å². The standard InChI is InChI=1S/C17H21NO3/c1-18-7-6-17-10-3-5-13(20)16(17)21-15-12(19)4-2-9(14(15)17)8-11(10)18/h2,4,10-11,13,16,19-20H,3,5-8H2,1H3/t10-,11+,13-,16-,17-/m0/s1/i3D,5D/t3-,5+,10-,11+,13-,16-,17-. The van der Waals surface area contributed by atoms with Gasteiger partial charge in [0.1, 0.15) is 6.10 Å². The minimum atomic E-state index is -0.990. The van der Waals surface area contributed by atoms with Crippen LogP contribution in [-0.2, 0) is 11.8 Å². The van der Waals surface area contributed by atoms with Crippen LogP contribution >= 0.6 is 0 Å². The van der Waals surface area contributed by atoms with Gasteiger partial charge >= 0.3 is 0 Å². The first-order chi connectivity index (χ1) is 11.0. The quantitative estimate of drug-likeness (QED) is 0.758. The molecule has 1 aromatic rings. The number of likely N-dealkylation sites (N-methyl/N-ethyl adjacent to an activating group) is 1. The molecule has 2 aliphatic carbocycles. The Kier molecular flexibility index (Phi) is 1.86.